The van der Waals surface area contributed by atoms with Gasteiger partial charge in [-0.1, -0.05) is 31.0 Å². The number of rotatable bonds is 7. The van der Waals surface area contributed by atoms with Crippen LogP contribution in [-0.4, -0.2) is 60.4 Å². The summed E-state index contributed by atoms with van der Waals surface area (Å²) in [7, 11) is -0.558. The van der Waals surface area contributed by atoms with Gasteiger partial charge in [0.15, 0.2) is 5.58 Å². The van der Waals surface area contributed by atoms with E-state index in [0.29, 0.717) is 22.4 Å². The van der Waals surface area contributed by atoms with Crippen LogP contribution >= 0.6 is 11.8 Å². The summed E-state index contributed by atoms with van der Waals surface area (Å²) in [6.07, 6.45) is 5.75. The van der Waals surface area contributed by atoms with Crippen LogP contribution in [0.4, 0.5) is 0 Å². The minimum absolute atomic E-state index is 0.0926. The van der Waals surface area contributed by atoms with E-state index in [-0.39, 0.29) is 22.6 Å². The predicted molar refractivity (Wildman–Crippen MR) is 114 cm³/mol. The first kappa shape index (κ1) is 22.1. The van der Waals surface area contributed by atoms with Gasteiger partial charge in [-0.3, -0.25) is 4.79 Å². The van der Waals surface area contributed by atoms with Gasteiger partial charge in [0.05, 0.1) is 10.6 Å². The van der Waals surface area contributed by atoms with E-state index in [1.807, 2.05) is 4.90 Å². The number of hydrogen-bond acceptors (Lipinski definition) is 6. The molecule has 1 aliphatic carbocycles. The van der Waals surface area contributed by atoms with Gasteiger partial charge in [0.1, 0.15) is 5.52 Å². The minimum Gasteiger partial charge on any atom is -0.431 e. The molecular weight excluding hydrogens is 410 g/mol. The Kier molecular flexibility index (Phi) is 6.90. The lowest BCUT2D eigenvalue weighted by Crippen LogP contribution is -2.46. The molecule has 0 unspecified atom stereocenters. The molecule has 2 aromatic rings. The summed E-state index contributed by atoms with van der Waals surface area (Å²) in [5.74, 6) is 0.347. The Morgan fingerprint density at radius 1 is 1.24 bits per heavy atom. The van der Waals surface area contributed by atoms with Gasteiger partial charge in [0.2, 0.25) is 15.9 Å². The molecular formula is C20H29N3O4S2. The van der Waals surface area contributed by atoms with Crippen molar-refractivity contribution in [1.29, 1.82) is 0 Å². The van der Waals surface area contributed by atoms with E-state index < -0.39 is 10.0 Å². The largest absolute Gasteiger partial charge is 0.431 e. The Morgan fingerprint density at radius 3 is 2.55 bits per heavy atom. The van der Waals surface area contributed by atoms with Crippen molar-refractivity contribution in [2.24, 2.45) is 0 Å². The molecule has 1 heterocycles. The van der Waals surface area contributed by atoms with Crippen LogP contribution in [0.3, 0.4) is 0 Å². The first-order valence-corrected chi connectivity index (χ1v) is 12.4. The molecule has 29 heavy (non-hydrogen) atoms. The molecule has 1 fully saturated rings. The lowest BCUT2D eigenvalue weighted by molar-refractivity contribution is -0.133. The summed E-state index contributed by atoms with van der Waals surface area (Å²) in [6, 6.07) is 5.09. The van der Waals surface area contributed by atoms with Crippen molar-refractivity contribution in [3.8, 4) is 0 Å². The minimum atomic E-state index is -3.53. The molecule has 1 saturated carbocycles. The van der Waals surface area contributed by atoms with E-state index in [9.17, 15) is 13.2 Å². The van der Waals surface area contributed by atoms with Gasteiger partial charge < -0.3 is 9.32 Å². The molecule has 0 N–H and O–H groups in total. The predicted octanol–water partition coefficient (Wildman–Crippen LogP) is 3.74. The number of amides is 1. The molecule has 160 valence electrons. The van der Waals surface area contributed by atoms with Crippen LogP contribution in [0.15, 0.2) is 32.7 Å². The third-order valence-electron chi connectivity index (χ3n) is 5.25. The summed E-state index contributed by atoms with van der Waals surface area (Å²) in [4.78, 5) is 19.4. The van der Waals surface area contributed by atoms with E-state index in [1.54, 1.807) is 6.07 Å². The second-order valence-corrected chi connectivity index (χ2v) is 11.0. The van der Waals surface area contributed by atoms with Gasteiger partial charge in [-0.2, -0.15) is 0 Å². The number of sulfonamides is 1. The molecule has 0 saturated heterocycles. The summed E-state index contributed by atoms with van der Waals surface area (Å²) < 4.78 is 31.5. The number of benzene rings is 1. The summed E-state index contributed by atoms with van der Waals surface area (Å²) >= 11 is 1.25. The zero-order valence-corrected chi connectivity index (χ0v) is 19.1. The van der Waals surface area contributed by atoms with Crippen LogP contribution in [0.5, 0.6) is 0 Å². The highest BCUT2D eigenvalue weighted by Crippen LogP contribution is 2.28. The number of carbonyl (C=O) groups excluding carboxylic acids is 1. The van der Waals surface area contributed by atoms with Crippen LogP contribution in [0, 0.1) is 0 Å². The normalized spacial score (nSPS) is 16.1. The Balaban J connectivity index is 1.72. The second kappa shape index (κ2) is 9.06. The average Bonchev–Trinajstić information content (AvgIpc) is 3.09. The Bertz CT molecular complexity index is 963. The number of carbonyl (C=O) groups is 1. The Hall–Kier alpha value is -1.58. The summed E-state index contributed by atoms with van der Waals surface area (Å²) in [5, 5.41) is 0.375. The maximum absolute atomic E-state index is 12.9. The van der Waals surface area contributed by atoms with E-state index in [0.717, 1.165) is 17.1 Å². The number of hydrogen-bond donors (Lipinski definition) is 0. The number of thioether (sulfide) groups is 1. The van der Waals surface area contributed by atoms with Crippen LogP contribution < -0.4 is 0 Å². The van der Waals surface area contributed by atoms with Gasteiger partial charge in [0, 0.05) is 26.2 Å². The van der Waals surface area contributed by atoms with E-state index in [1.165, 1.54) is 57.3 Å². The number of fused-ring (bicyclic) bond motifs is 1. The Labute approximate surface area is 176 Å². The molecule has 0 radical (unpaired) electrons. The fourth-order valence-corrected chi connectivity index (χ4v) is 5.42. The highest BCUT2D eigenvalue weighted by molar-refractivity contribution is 7.99. The zero-order valence-electron chi connectivity index (χ0n) is 17.4. The third-order valence-corrected chi connectivity index (χ3v) is 7.87. The molecule has 0 atom stereocenters. The van der Waals surface area contributed by atoms with Gasteiger partial charge in [-0.05, 0) is 44.9 Å². The van der Waals surface area contributed by atoms with Crippen molar-refractivity contribution >= 4 is 38.8 Å². The van der Waals surface area contributed by atoms with Crippen LogP contribution in [0.1, 0.15) is 46.0 Å². The number of oxazole rings is 1. The van der Waals surface area contributed by atoms with Crippen molar-refractivity contribution in [1.82, 2.24) is 14.2 Å². The highest BCUT2D eigenvalue weighted by Gasteiger charge is 2.28. The van der Waals surface area contributed by atoms with Crippen molar-refractivity contribution in [2.75, 3.05) is 19.8 Å². The monoisotopic (exact) mass is 439 g/mol. The lowest BCUT2D eigenvalue weighted by Gasteiger charge is -2.37. The lowest BCUT2D eigenvalue weighted by atomic mass is 9.93. The molecule has 1 aliphatic rings. The standard InChI is InChI=1S/C20H29N3O4S2/c1-14(2)23(15-8-6-5-7-9-15)19(24)13-28-20-21-17-12-16(10-11-18(17)27-20)29(25,26)22(3)4/h10-12,14-15H,5-9,13H2,1-4H3. The van der Waals surface area contributed by atoms with Gasteiger partial charge in [-0.15, -0.1) is 0 Å². The zero-order chi connectivity index (χ0) is 21.2. The smallest absolute Gasteiger partial charge is 0.257 e. The topological polar surface area (TPSA) is 83.7 Å². The summed E-state index contributed by atoms with van der Waals surface area (Å²) in [6.45, 7) is 4.12. The maximum Gasteiger partial charge on any atom is 0.257 e. The van der Waals surface area contributed by atoms with Crippen LogP contribution in [0.25, 0.3) is 11.1 Å². The molecule has 0 aliphatic heterocycles. The quantitative estimate of drug-likeness (QED) is 0.611. The molecule has 1 aromatic carbocycles. The van der Waals surface area contributed by atoms with Crippen molar-refractivity contribution in [3.05, 3.63) is 18.2 Å². The fraction of sp³-hybridized carbons (Fsp3) is 0.600. The molecule has 0 bridgehead atoms. The highest BCUT2D eigenvalue weighted by atomic mass is 32.2. The summed E-state index contributed by atoms with van der Waals surface area (Å²) in [5.41, 5.74) is 0.974. The van der Waals surface area contributed by atoms with Crippen LogP contribution in [-0.2, 0) is 14.8 Å². The number of nitrogens with zero attached hydrogens (tertiary/aromatic N) is 3. The maximum atomic E-state index is 12.9. The molecule has 3 rings (SSSR count). The first-order chi connectivity index (χ1) is 13.7. The van der Waals surface area contributed by atoms with Gasteiger partial charge in [-0.25, -0.2) is 17.7 Å². The molecule has 1 amide bonds. The van der Waals surface area contributed by atoms with Crippen molar-refractivity contribution in [2.45, 2.75) is 68.2 Å². The van der Waals surface area contributed by atoms with E-state index in [2.05, 4.69) is 18.8 Å². The SMILES string of the molecule is CC(C)N(C(=O)CSc1nc2cc(S(=O)(=O)N(C)C)ccc2o1)C1CCCCC1. The molecule has 9 heteroatoms. The van der Waals surface area contributed by atoms with Gasteiger partial charge in [0.25, 0.3) is 5.22 Å². The van der Waals surface area contributed by atoms with E-state index >= 15 is 0 Å². The average molecular weight is 440 g/mol. The molecule has 7 nitrogen and oxygen atoms in total. The first-order valence-electron chi connectivity index (χ1n) is 9.97. The van der Waals surface area contributed by atoms with Crippen LogP contribution in [0.2, 0.25) is 0 Å². The molecule has 0 spiro atoms. The molecule has 1 aromatic heterocycles. The fourth-order valence-electron chi connectivity index (χ4n) is 3.79. The van der Waals surface area contributed by atoms with E-state index in [4.69, 9.17) is 4.42 Å². The Morgan fingerprint density at radius 2 is 1.93 bits per heavy atom. The van der Waals surface area contributed by atoms with Crippen molar-refractivity contribution < 1.29 is 17.6 Å². The number of aromatic nitrogens is 1. The van der Waals surface area contributed by atoms with Crippen molar-refractivity contribution in [3.63, 3.8) is 0 Å². The van der Waals surface area contributed by atoms with Gasteiger partial charge >= 0.3 is 0 Å². The third kappa shape index (κ3) is 4.95. The second-order valence-electron chi connectivity index (χ2n) is 7.87.